The molecule has 3 rings (SSSR count). The molecule has 3 aromatic carbocycles. The summed E-state index contributed by atoms with van der Waals surface area (Å²) in [6.45, 7) is 2.00. The quantitative estimate of drug-likeness (QED) is 0.407. The molecule has 0 spiro atoms. The molecule has 2 atom stereocenters. The molecule has 0 heterocycles. The number of amides is 1. The van der Waals surface area contributed by atoms with Crippen molar-refractivity contribution in [2.45, 2.75) is 38.0 Å². The third kappa shape index (κ3) is 7.34. The van der Waals surface area contributed by atoms with Gasteiger partial charge >= 0.3 is 6.18 Å². The summed E-state index contributed by atoms with van der Waals surface area (Å²) in [4.78, 5) is 12.7. The van der Waals surface area contributed by atoms with Gasteiger partial charge in [0.15, 0.2) is 0 Å². The Hall–Kier alpha value is -2.83. The number of benzene rings is 3. The highest BCUT2D eigenvalue weighted by molar-refractivity contribution is 5.85. The van der Waals surface area contributed by atoms with Crippen LogP contribution in [0.2, 0.25) is 0 Å². The zero-order valence-electron chi connectivity index (χ0n) is 18.5. The van der Waals surface area contributed by atoms with Gasteiger partial charge in [0.05, 0.1) is 5.56 Å². The van der Waals surface area contributed by atoms with Gasteiger partial charge in [-0.15, -0.1) is 12.4 Å². The molecule has 0 saturated heterocycles. The highest BCUT2D eigenvalue weighted by atomic mass is 35.5. The lowest BCUT2D eigenvalue weighted by Gasteiger charge is -2.26. The largest absolute Gasteiger partial charge is 0.416 e. The third-order valence-electron chi connectivity index (χ3n) is 5.46. The van der Waals surface area contributed by atoms with E-state index in [0.29, 0.717) is 12.8 Å². The lowest BCUT2D eigenvalue weighted by Crippen LogP contribution is -2.38. The molecule has 3 nitrogen and oxygen atoms in total. The number of carbonyl (C=O) groups is 1. The molecule has 7 heteroatoms. The molecule has 0 saturated carbocycles. The molecule has 2 N–H and O–H groups in total. The second-order valence-electron chi connectivity index (χ2n) is 7.82. The maximum absolute atomic E-state index is 12.9. The molecule has 0 aliphatic heterocycles. The Balaban J connectivity index is 0.00000385. The Morgan fingerprint density at radius 3 is 2.12 bits per heavy atom. The molecule has 0 aromatic heterocycles. The predicted molar refractivity (Wildman–Crippen MR) is 127 cm³/mol. The summed E-state index contributed by atoms with van der Waals surface area (Å²) in [5.74, 6) is -0.150. The van der Waals surface area contributed by atoms with Crippen molar-refractivity contribution in [2.24, 2.45) is 0 Å². The minimum absolute atomic E-state index is 0. The fourth-order valence-electron chi connectivity index (χ4n) is 3.72. The van der Waals surface area contributed by atoms with Crippen molar-refractivity contribution < 1.29 is 18.0 Å². The Labute approximate surface area is 198 Å². The predicted octanol–water partition coefficient (Wildman–Crippen LogP) is 6.19. The SMILES string of the molecule is CNC(=O)[C@@H](N[C@H](CCc1ccc(C(F)(F)F)cc1)c1cccc(C)c1)c1ccccc1.Cl. The van der Waals surface area contributed by atoms with Crippen LogP contribution in [0, 0.1) is 6.92 Å². The van der Waals surface area contributed by atoms with Crippen molar-refractivity contribution in [1.82, 2.24) is 10.6 Å². The van der Waals surface area contributed by atoms with E-state index in [1.165, 1.54) is 12.1 Å². The molecule has 0 unspecified atom stereocenters. The Bertz CT molecular complexity index is 1020. The summed E-state index contributed by atoms with van der Waals surface area (Å²) in [5.41, 5.74) is 3.13. The number of aryl methyl sites for hydroxylation is 2. The van der Waals surface area contributed by atoms with Crippen LogP contribution in [0.15, 0.2) is 78.9 Å². The van der Waals surface area contributed by atoms with Gasteiger partial charge in [0, 0.05) is 13.1 Å². The minimum atomic E-state index is -4.35. The molecule has 176 valence electrons. The molecule has 3 aromatic rings. The van der Waals surface area contributed by atoms with Crippen LogP contribution in [0.25, 0.3) is 0 Å². The van der Waals surface area contributed by atoms with Gasteiger partial charge in [-0.3, -0.25) is 10.1 Å². The number of alkyl halides is 3. The number of rotatable bonds is 8. The number of halogens is 4. The zero-order chi connectivity index (χ0) is 23.1. The summed E-state index contributed by atoms with van der Waals surface area (Å²) in [6.07, 6.45) is -3.16. The summed E-state index contributed by atoms with van der Waals surface area (Å²) in [7, 11) is 1.60. The van der Waals surface area contributed by atoms with Crippen molar-refractivity contribution in [2.75, 3.05) is 7.05 Å². The smallest absolute Gasteiger partial charge is 0.358 e. The highest BCUT2D eigenvalue weighted by Crippen LogP contribution is 2.30. The lowest BCUT2D eigenvalue weighted by molar-refractivity contribution is -0.137. The van der Waals surface area contributed by atoms with Crippen molar-refractivity contribution >= 4 is 18.3 Å². The molecule has 33 heavy (non-hydrogen) atoms. The van der Waals surface area contributed by atoms with Crippen LogP contribution in [0.1, 0.15) is 46.3 Å². The minimum Gasteiger partial charge on any atom is -0.358 e. The second kappa shape index (κ2) is 11.9. The van der Waals surface area contributed by atoms with E-state index in [-0.39, 0.29) is 24.4 Å². The van der Waals surface area contributed by atoms with E-state index in [4.69, 9.17) is 0 Å². The van der Waals surface area contributed by atoms with E-state index in [2.05, 4.69) is 16.7 Å². The molecule has 1 amide bonds. The van der Waals surface area contributed by atoms with Crippen LogP contribution in [-0.2, 0) is 17.4 Å². The van der Waals surface area contributed by atoms with Crippen molar-refractivity contribution in [1.29, 1.82) is 0 Å². The first kappa shape index (κ1) is 26.4. The van der Waals surface area contributed by atoms with Crippen LogP contribution in [0.4, 0.5) is 13.2 Å². The van der Waals surface area contributed by atoms with E-state index in [0.717, 1.165) is 34.4 Å². The van der Waals surface area contributed by atoms with Crippen LogP contribution in [0.5, 0.6) is 0 Å². The first-order valence-corrected chi connectivity index (χ1v) is 10.5. The van der Waals surface area contributed by atoms with E-state index in [9.17, 15) is 18.0 Å². The van der Waals surface area contributed by atoms with Crippen LogP contribution < -0.4 is 10.6 Å². The van der Waals surface area contributed by atoms with Crippen LogP contribution >= 0.6 is 12.4 Å². The standard InChI is InChI=1S/C26H27F3N2O.ClH/c1-18-7-6-10-21(17-18)23(16-13-19-11-14-22(15-12-19)26(27,28)29)31-24(25(32)30-2)20-8-4-3-5-9-20;/h3-12,14-15,17,23-24,31H,13,16H2,1-2H3,(H,30,32);1H/t23-,24+;/m1./s1. The first-order chi connectivity index (χ1) is 15.3. The molecule has 0 bridgehead atoms. The number of nitrogens with one attached hydrogen (secondary N) is 2. The van der Waals surface area contributed by atoms with Gasteiger partial charge in [-0.05, 0) is 48.6 Å². The Morgan fingerprint density at radius 1 is 0.909 bits per heavy atom. The zero-order valence-corrected chi connectivity index (χ0v) is 19.3. The summed E-state index contributed by atoms with van der Waals surface area (Å²) in [5, 5.41) is 6.20. The average molecular weight is 477 g/mol. The second-order valence-corrected chi connectivity index (χ2v) is 7.82. The Kier molecular flexibility index (Phi) is 9.50. The van der Waals surface area contributed by atoms with E-state index < -0.39 is 17.8 Å². The summed E-state index contributed by atoms with van der Waals surface area (Å²) >= 11 is 0. The normalized spacial score (nSPS) is 13.0. The van der Waals surface area contributed by atoms with Gasteiger partial charge in [-0.2, -0.15) is 13.2 Å². The first-order valence-electron chi connectivity index (χ1n) is 10.5. The van der Waals surface area contributed by atoms with E-state index >= 15 is 0 Å². The molecule has 0 fully saturated rings. The van der Waals surface area contributed by atoms with Gasteiger partial charge in [0.25, 0.3) is 0 Å². The average Bonchev–Trinajstić information content (AvgIpc) is 2.79. The fraction of sp³-hybridized carbons (Fsp3) is 0.269. The molecule has 0 aliphatic carbocycles. The maximum atomic E-state index is 12.9. The van der Waals surface area contributed by atoms with Crippen LogP contribution in [-0.4, -0.2) is 13.0 Å². The van der Waals surface area contributed by atoms with E-state index in [1.807, 2.05) is 55.5 Å². The van der Waals surface area contributed by atoms with Crippen LogP contribution in [0.3, 0.4) is 0 Å². The van der Waals surface area contributed by atoms with Gasteiger partial charge in [0.2, 0.25) is 5.91 Å². The van der Waals surface area contributed by atoms with Gasteiger partial charge in [-0.25, -0.2) is 0 Å². The van der Waals surface area contributed by atoms with Crippen molar-refractivity contribution in [3.05, 3.63) is 107 Å². The lowest BCUT2D eigenvalue weighted by atomic mass is 9.95. The maximum Gasteiger partial charge on any atom is 0.416 e. The summed E-state index contributed by atoms with van der Waals surface area (Å²) in [6, 6.07) is 22.0. The molecular weight excluding hydrogens is 449 g/mol. The molecule has 0 radical (unpaired) electrons. The summed E-state index contributed by atoms with van der Waals surface area (Å²) < 4.78 is 38.6. The fourth-order valence-corrected chi connectivity index (χ4v) is 3.72. The van der Waals surface area contributed by atoms with Gasteiger partial charge < -0.3 is 5.32 Å². The van der Waals surface area contributed by atoms with Crippen molar-refractivity contribution in [3.63, 3.8) is 0 Å². The number of likely N-dealkylation sites (N-methyl/N-ethyl adjacent to an activating group) is 1. The molecular formula is C26H28ClF3N2O. The van der Waals surface area contributed by atoms with Crippen molar-refractivity contribution in [3.8, 4) is 0 Å². The number of hydrogen-bond acceptors (Lipinski definition) is 2. The monoisotopic (exact) mass is 476 g/mol. The van der Waals surface area contributed by atoms with Gasteiger partial charge in [-0.1, -0.05) is 72.3 Å². The van der Waals surface area contributed by atoms with E-state index in [1.54, 1.807) is 7.05 Å². The highest BCUT2D eigenvalue weighted by Gasteiger charge is 2.30. The number of carbonyl (C=O) groups excluding carboxylic acids is 1. The number of hydrogen-bond donors (Lipinski definition) is 2. The third-order valence-corrected chi connectivity index (χ3v) is 5.46. The Morgan fingerprint density at radius 2 is 1.55 bits per heavy atom. The van der Waals surface area contributed by atoms with Gasteiger partial charge in [0.1, 0.15) is 6.04 Å². The molecule has 0 aliphatic rings. The topological polar surface area (TPSA) is 41.1 Å².